The molecule has 4 rings (SSSR count). The molecule has 2 saturated carbocycles. The zero-order valence-corrected chi connectivity index (χ0v) is 13.3. The molecule has 2 aliphatic rings. The molecule has 0 spiro atoms. The van der Waals surface area contributed by atoms with Gasteiger partial charge in [-0.25, -0.2) is 4.98 Å². The number of hydrogen-bond donors (Lipinski definition) is 1. The first kappa shape index (κ1) is 13.5. The third kappa shape index (κ3) is 3.04. The summed E-state index contributed by atoms with van der Waals surface area (Å²) >= 11 is 1.95. The Morgan fingerprint density at radius 1 is 1.24 bits per heavy atom. The normalized spacial score (nSPS) is 24.2. The fraction of sp³-hybridized carbons (Fsp3) is 0.500. The van der Waals surface area contributed by atoms with Gasteiger partial charge in [0.1, 0.15) is 0 Å². The van der Waals surface area contributed by atoms with Crippen LogP contribution in [0, 0.1) is 5.92 Å². The van der Waals surface area contributed by atoms with E-state index in [-0.39, 0.29) is 0 Å². The lowest BCUT2D eigenvalue weighted by atomic mass is 10.1. The van der Waals surface area contributed by atoms with Gasteiger partial charge >= 0.3 is 0 Å². The standard InChI is InChI=1S/C18H22N2S/c1-12-11-15(12)18-20-17(13-5-3-2-4-6-13)16(21-18)9-10-19-14-7-8-14/h2-6,12,14-15,19H,7-11H2,1H3. The van der Waals surface area contributed by atoms with Crippen LogP contribution in [-0.4, -0.2) is 17.6 Å². The minimum atomic E-state index is 0.725. The van der Waals surface area contributed by atoms with Crippen molar-refractivity contribution in [3.63, 3.8) is 0 Å². The molecule has 2 nitrogen and oxygen atoms in total. The second-order valence-electron chi connectivity index (χ2n) is 6.49. The van der Waals surface area contributed by atoms with Crippen LogP contribution in [0.2, 0.25) is 0 Å². The number of nitrogens with zero attached hydrogens (tertiary/aromatic N) is 1. The van der Waals surface area contributed by atoms with E-state index in [0.717, 1.165) is 30.8 Å². The topological polar surface area (TPSA) is 24.9 Å². The molecule has 0 amide bonds. The van der Waals surface area contributed by atoms with E-state index in [1.54, 1.807) is 0 Å². The van der Waals surface area contributed by atoms with Gasteiger partial charge in [0, 0.05) is 28.9 Å². The lowest BCUT2D eigenvalue weighted by Crippen LogP contribution is -2.19. The van der Waals surface area contributed by atoms with Crippen LogP contribution in [0.4, 0.5) is 0 Å². The van der Waals surface area contributed by atoms with Crippen LogP contribution in [0.1, 0.15) is 42.0 Å². The predicted octanol–water partition coefficient (Wildman–Crippen LogP) is 4.23. The molecule has 21 heavy (non-hydrogen) atoms. The SMILES string of the molecule is CC1CC1c1nc(-c2ccccc2)c(CCNC2CC2)s1. The molecule has 2 atom stereocenters. The van der Waals surface area contributed by atoms with Gasteiger partial charge in [-0.05, 0) is 31.6 Å². The van der Waals surface area contributed by atoms with Crippen molar-refractivity contribution >= 4 is 11.3 Å². The quantitative estimate of drug-likeness (QED) is 0.863. The molecule has 0 aliphatic heterocycles. The van der Waals surface area contributed by atoms with E-state index in [9.17, 15) is 0 Å². The van der Waals surface area contributed by atoms with Crippen molar-refractivity contribution in [2.75, 3.05) is 6.54 Å². The third-order valence-corrected chi connectivity index (χ3v) is 5.80. The molecule has 1 aromatic heterocycles. The van der Waals surface area contributed by atoms with E-state index in [4.69, 9.17) is 4.98 Å². The summed E-state index contributed by atoms with van der Waals surface area (Å²) in [6.07, 6.45) is 5.15. The Labute approximate surface area is 130 Å². The van der Waals surface area contributed by atoms with E-state index in [1.807, 2.05) is 11.3 Å². The molecular formula is C18H22N2S. The monoisotopic (exact) mass is 298 g/mol. The fourth-order valence-corrected chi connectivity index (χ4v) is 4.20. The highest BCUT2D eigenvalue weighted by Crippen LogP contribution is 2.49. The zero-order chi connectivity index (χ0) is 14.2. The van der Waals surface area contributed by atoms with Crippen molar-refractivity contribution in [2.45, 2.75) is 44.6 Å². The van der Waals surface area contributed by atoms with Crippen molar-refractivity contribution in [1.29, 1.82) is 0 Å². The third-order valence-electron chi connectivity index (χ3n) is 4.55. The Balaban J connectivity index is 1.57. The van der Waals surface area contributed by atoms with Gasteiger partial charge in [-0.15, -0.1) is 11.3 Å². The molecular weight excluding hydrogens is 276 g/mol. The van der Waals surface area contributed by atoms with Crippen LogP contribution in [0.5, 0.6) is 0 Å². The van der Waals surface area contributed by atoms with E-state index in [1.165, 1.54) is 40.4 Å². The van der Waals surface area contributed by atoms with Crippen LogP contribution >= 0.6 is 11.3 Å². The molecule has 2 fully saturated rings. The molecule has 1 heterocycles. The van der Waals surface area contributed by atoms with Gasteiger partial charge in [0.25, 0.3) is 0 Å². The second-order valence-corrected chi connectivity index (χ2v) is 7.60. The lowest BCUT2D eigenvalue weighted by molar-refractivity contribution is 0.685. The Kier molecular flexibility index (Phi) is 3.56. The number of aromatic nitrogens is 1. The molecule has 0 radical (unpaired) electrons. The van der Waals surface area contributed by atoms with Gasteiger partial charge in [0.05, 0.1) is 10.7 Å². The molecule has 2 unspecified atom stereocenters. The molecule has 2 aliphatic carbocycles. The van der Waals surface area contributed by atoms with Crippen LogP contribution in [0.25, 0.3) is 11.3 Å². The largest absolute Gasteiger partial charge is 0.314 e. The van der Waals surface area contributed by atoms with Crippen molar-refractivity contribution in [3.8, 4) is 11.3 Å². The second kappa shape index (κ2) is 5.54. The molecule has 3 heteroatoms. The van der Waals surface area contributed by atoms with Crippen LogP contribution in [-0.2, 0) is 6.42 Å². The smallest absolute Gasteiger partial charge is 0.0969 e. The van der Waals surface area contributed by atoms with Gasteiger partial charge in [-0.2, -0.15) is 0 Å². The summed E-state index contributed by atoms with van der Waals surface area (Å²) in [6.45, 7) is 3.43. The molecule has 0 saturated heterocycles. The maximum atomic E-state index is 5.00. The van der Waals surface area contributed by atoms with Crippen LogP contribution < -0.4 is 5.32 Å². The van der Waals surface area contributed by atoms with Crippen molar-refractivity contribution in [3.05, 3.63) is 40.2 Å². The maximum Gasteiger partial charge on any atom is 0.0969 e. The summed E-state index contributed by atoms with van der Waals surface area (Å²) in [5.41, 5.74) is 2.50. The summed E-state index contributed by atoms with van der Waals surface area (Å²) < 4.78 is 0. The highest BCUT2D eigenvalue weighted by Gasteiger charge is 2.37. The molecule has 1 aromatic carbocycles. The van der Waals surface area contributed by atoms with Gasteiger partial charge in [-0.1, -0.05) is 37.3 Å². The average molecular weight is 298 g/mol. The molecule has 110 valence electrons. The van der Waals surface area contributed by atoms with Crippen LogP contribution in [0.3, 0.4) is 0 Å². The molecule has 2 aromatic rings. The first-order valence-electron chi connectivity index (χ1n) is 8.09. The number of nitrogens with one attached hydrogen (secondary N) is 1. The van der Waals surface area contributed by atoms with Crippen LogP contribution in [0.15, 0.2) is 30.3 Å². The lowest BCUT2D eigenvalue weighted by Gasteiger charge is -2.03. The zero-order valence-electron chi connectivity index (χ0n) is 12.5. The van der Waals surface area contributed by atoms with Gasteiger partial charge in [-0.3, -0.25) is 0 Å². The van der Waals surface area contributed by atoms with Crippen molar-refractivity contribution < 1.29 is 0 Å². The van der Waals surface area contributed by atoms with E-state index in [2.05, 4.69) is 42.6 Å². The Hall–Kier alpha value is -1.19. The average Bonchev–Trinajstić information content (AvgIpc) is 3.41. The van der Waals surface area contributed by atoms with E-state index < -0.39 is 0 Å². The van der Waals surface area contributed by atoms with E-state index >= 15 is 0 Å². The maximum absolute atomic E-state index is 5.00. The Morgan fingerprint density at radius 2 is 2.00 bits per heavy atom. The first-order valence-corrected chi connectivity index (χ1v) is 8.91. The van der Waals surface area contributed by atoms with Gasteiger partial charge in [0.2, 0.25) is 0 Å². The summed E-state index contributed by atoms with van der Waals surface area (Å²) in [7, 11) is 0. The first-order chi connectivity index (χ1) is 10.3. The molecule has 1 N–H and O–H groups in total. The number of rotatable bonds is 6. The van der Waals surface area contributed by atoms with Crippen molar-refractivity contribution in [2.24, 2.45) is 5.92 Å². The summed E-state index contributed by atoms with van der Waals surface area (Å²) in [6, 6.07) is 11.5. The van der Waals surface area contributed by atoms with Gasteiger partial charge < -0.3 is 5.32 Å². The Morgan fingerprint density at radius 3 is 2.67 bits per heavy atom. The summed E-state index contributed by atoms with van der Waals surface area (Å²) in [5.74, 6) is 1.56. The Bertz CT molecular complexity index is 615. The summed E-state index contributed by atoms with van der Waals surface area (Å²) in [4.78, 5) is 6.46. The number of thiazole rings is 1. The van der Waals surface area contributed by atoms with E-state index in [0.29, 0.717) is 0 Å². The highest BCUT2D eigenvalue weighted by atomic mass is 32.1. The van der Waals surface area contributed by atoms with Gasteiger partial charge in [0.15, 0.2) is 0 Å². The highest BCUT2D eigenvalue weighted by molar-refractivity contribution is 7.12. The summed E-state index contributed by atoms with van der Waals surface area (Å²) in [5, 5.41) is 4.99. The van der Waals surface area contributed by atoms with Crippen molar-refractivity contribution in [1.82, 2.24) is 10.3 Å². The predicted molar refractivity (Wildman–Crippen MR) is 88.8 cm³/mol. The number of benzene rings is 1. The minimum Gasteiger partial charge on any atom is -0.314 e. The number of hydrogen-bond acceptors (Lipinski definition) is 3. The molecule has 0 bridgehead atoms. The fourth-order valence-electron chi connectivity index (χ4n) is 2.86. The minimum absolute atomic E-state index is 0.725.